The van der Waals surface area contributed by atoms with Gasteiger partial charge in [0.25, 0.3) is 11.8 Å². The molecule has 0 spiro atoms. The largest absolute Gasteiger partial charge is 0.357 e. The second kappa shape index (κ2) is 8.71. The van der Waals surface area contributed by atoms with E-state index in [-0.39, 0.29) is 30.5 Å². The van der Waals surface area contributed by atoms with Crippen LogP contribution in [0.4, 0.5) is 19.3 Å². The van der Waals surface area contributed by atoms with Gasteiger partial charge >= 0.3 is 6.03 Å². The molecular weight excluding hydrogens is 452 g/mol. The maximum absolute atomic E-state index is 14.4. The normalized spacial score (nSPS) is 19.6. The Kier molecular flexibility index (Phi) is 5.92. The third-order valence-electron chi connectivity index (χ3n) is 5.84. The number of aromatic nitrogens is 2. The molecule has 178 valence electrons. The van der Waals surface area contributed by atoms with Gasteiger partial charge in [-0.25, -0.2) is 18.6 Å². The number of fused-ring (bicyclic) bond motifs is 3. The van der Waals surface area contributed by atoms with Crippen molar-refractivity contribution in [2.24, 2.45) is 0 Å². The van der Waals surface area contributed by atoms with Gasteiger partial charge in [-0.3, -0.25) is 19.1 Å². The number of hydroxylamine groups is 2. The smallest absolute Gasteiger partial charge is 0.322 e. The van der Waals surface area contributed by atoms with Crippen LogP contribution in [0.25, 0.3) is 0 Å². The van der Waals surface area contributed by atoms with Crippen molar-refractivity contribution in [3.05, 3.63) is 46.3 Å². The van der Waals surface area contributed by atoms with Gasteiger partial charge in [0.05, 0.1) is 24.5 Å². The average Bonchev–Trinajstić information content (AvgIpc) is 3.09. The summed E-state index contributed by atoms with van der Waals surface area (Å²) in [5, 5.41) is 19.3. The summed E-state index contributed by atoms with van der Waals surface area (Å²) in [6, 6.07) is 2.29. The van der Waals surface area contributed by atoms with Crippen molar-refractivity contribution in [3.8, 4) is 6.07 Å². The molecule has 2 aromatic rings. The Balaban J connectivity index is 1.64. The first-order valence-corrected chi connectivity index (χ1v) is 10.4. The molecule has 2 aliphatic heterocycles. The molecule has 2 atom stereocenters. The van der Waals surface area contributed by atoms with Crippen molar-refractivity contribution in [3.63, 3.8) is 0 Å². The van der Waals surface area contributed by atoms with Crippen LogP contribution in [0.15, 0.2) is 12.1 Å². The number of benzene rings is 1. The molecule has 1 aromatic heterocycles. The van der Waals surface area contributed by atoms with Crippen LogP contribution in [0, 0.1) is 23.0 Å². The van der Waals surface area contributed by atoms with E-state index < -0.39 is 41.1 Å². The highest BCUT2D eigenvalue weighted by Gasteiger charge is 2.39. The topological polar surface area (TPSA) is 133 Å². The molecule has 13 heteroatoms. The lowest BCUT2D eigenvalue weighted by atomic mass is 9.99. The van der Waals surface area contributed by atoms with Crippen LogP contribution < -0.4 is 10.6 Å². The maximum atomic E-state index is 14.4. The van der Waals surface area contributed by atoms with Gasteiger partial charge in [-0.2, -0.15) is 10.4 Å². The minimum absolute atomic E-state index is 0.00358. The molecule has 2 aliphatic rings. The molecule has 4 rings (SSSR count). The van der Waals surface area contributed by atoms with E-state index in [1.165, 1.54) is 29.7 Å². The van der Waals surface area contributed by atoms with Crippen LogP contribution in [0.5, 0.6) is 0 Å². The number of anilines is 1. The first-order valence-electron chi connectivity index (χ1n) is 10.4. The quantitative estimate of drug-likeness (QED) is 0.672. The molecule has 11 nitrogen and oxygen atoms in total. The van der Waals surface area contributed by atoms with Crippen molar-refractivity contribution in [1.29, 1.82) is 5.26 Å². The number of amides is 4. The molecule has 0 radical (unpaired) electrons. The van der Waals surface area contributed by atoms with Crippen LogP contribution in [0.2, 0.25) is 0 Å². The number of halogens is 2. The number of carbonyl (C=O) groups is 3. The zero-order chi connectivity index (χ0) is 24.7. The van der Waals surface area contributed by atoms with Gasteiger partial charge in [0.2, 0.25) is 0 Å². The van der Waals surface area contributed by atoms with Gasteiger partial charge in [-0.15, -0.1) is 0 Å². The number of hydrogen-bond donors (Lipinski definition) is 2. The van der Waals surface area contributed by atoms with E-state index in [0.717, 1.165) is 17.2 Å². The number of urea groups is 1. The minimum atomic E-state index is -1.17. The van der Waals surface area contributed by atoms with E-state index in [1.54, 1.807) is 6.92 Å². The fraction of sp³-hybridized carbons (Fsp3) is 0.381. The fourth-order valence-corrected chi connectivity index (χ4v) is 4.05. The SMILES string of the molecule is CNC(=O)[C@@H]1Cn2nc3c(c2C(=O)N(C)O1)CN(C(=O)Nc1ccc(F)c(C#N)c1F)[C@H](C)C3. The Morgan fingerprint density at radius 3 is 2.74 bits per heavy atom. The highest BCUT2D eigenvalue weighted by atomic mass is 19.1. The van der Waals surface area contributed by atoms with Crippen LogP contribution in [-0.2, 0) is 29.1 Å². The minimum Gasteiger partial charge on any atom is -0.357 e. The Labute approximate surface area is 192 Å². The van der Waals surface area contributed by atoms with Crippen molar-refractivity contribution in [2.45, 2.75) is 38.6 Å². The molecule has 4 amide bonds. The van der Waals surface area contributed by atoms with Gasteiger partial charge in [-0.05, 0) is 19.1 Å². The molecule has 0 aliphatic carbocycles. The average molecular weight is 473 g/mol. The van der Waals surface area contributed by atoms with Crippen molar-refractivity contribution in [1.82, 2.24) is 25.1 Å². The van der Waals surface area contributed by atoms with Gasteiger partial charge in [0.15, 0.2) is 11.9 Å². The zero-order valence-corrected chi connectivity index (χ0v) is 18.6. The Morgan fingerprint density at radius 1 is 1.32 bits per heavy atom. The third-order valence-corrected chi connectivity index (χ3v) is 5.84. The summed E-state index contributed by atoms with van der Waals surface area (Å²) in [6.45, 7) is 1.74. The predicted molar refractivity (Wildman–Crippen MR) is 112 cm³/mol. The van der Waals surface area contributed by atoms with E-state index >= 15 is 0 Å². The second-order valence-corrected chi connectivity index (χ2v) is 7.97. The molecule has 0 fully saturated rings. The molecule has 0 saturated heterocycles. The van der Waals surface area contributed by atoms with E-state index in [0.29, 0.717) is 17.7 Å². The molecule has 1 aromatic carbocycles. The van der Waals surface area contributed by atoms with Crippen LogP contribution in [-0.4, -0.2) is 63.8 Å². The summed E-state index contributed by atoms with van der Waals surface area (Å²) in [4.78, 5) is 44.9. The lowest BCUT2D eigenvalue weighted by Crippen LogP contribution is -2.45. The van der Waals surface area contributed by atoms with E-state index in [2.05, 4.69) is 15.7 Å². The summed E-state index contributed by atoms with van der Waals surface area (Å²) in [5.41, 5.74) is 0.142. The lowest BCUT2D eigenvalue weighted by Gasteiger charge is -2.33. The Morgan fingerprint density at radius 2 is 2.06 bits per heavy atom. The summed E-state index contributed by atoms with van der Waals surface area (Å²) < 4.78 is 29.5. The van der Waals surface area contributed by atoms with Crippen molar-refractivity contribution >= 4 is 23.5 Å². The Hall–Kier alpha value is -4.05. The van der Waals surface area contributed by atoms with Crippen molar-refractivity contribution in [2.75, 3.05) is 19.4 Å². The zero-order valence-electron chi connectivity index (χ0n) is 18.6. The highest BCUT2D eigenvalue weighted by Crippen LogP contribution is 2.30. The third kappa shape index (κ3) is 3.81. The number of carbonyl (C=O) groups excluding carboxylic acids is 3. The molecule has 2 N–H and O–H groups in total. The van der Waals surface area contributed by atoms with Crippen LogP contribution in [0.1, 0.15) is 34.2 Å². The van der Waals surface area contributed by atoms with Crippen molar-refractivity contribution < 1.29 is 28.0 Å². The molecule has 0 saturated carbocycles. The predicted octanol–water partition coefficient (Wildman–Crippen LogP) is 1.14. The summed E-state index contributed by atoms with van der Waals surface area (Å²) in [7, 11) is 2.84. The fourth-order valence-electron chi connectivity index (χ4n) is 4.05. The molecule has 34 heavy (non-hydrogen) atoms. The van der Waals surface area contributed by atoms with E-state index in [4.69, 9.17) is 10.1 Å². The maximum Gasteiger partial charge on any atom is 0.322 e. The summed E-state index contributed by atoms with van der Waals surface area (Å²) in [6.07, 6.45) is -0.671. The number of nitrogens with zero attached hydrogens (tertiary/aromatic N) is 5. The Bertz CT molecular complexity index is 1240. The number of rotatable bonds is 2. The monoisotopic (exact) mass is 473 g/mol. The summed E-state index contributed by atoms with van der Waals surface area (Å²) >= 11 is 0. The number of hydrogen-bond acceptors (Lipinski definition) is 6. The number of nitrogens with one attached hydrogen (secondary N) is 2. The van der Waals surface area contributed by atoms with Gasteiger partial charge in [-0.1, -0.05) is 0 Å². The van der Waals surface area contributed by atoms with Gasteiger partial charge < -0.3 is 15.5 Å². The van der Waals surface area contributed by atoms with Gasteiger partial charge in [0.1, 0.15) is 23.1 Å². The first kappa shape index (κ1) is 23.1. The first-order chi connectivity index (χ1) is 16.2. The number of likely N-dealkylation sites (N-methyl/N-ethyl adjacent to an activating group) is 1. The van der Waals surface area contributed by atoms with E-state index in [9.17, 15) is 23.2 Å². The molecule has 0 unspecified atom stereocenters. The highest BCUT2D eigenvalue weighted by molar-refractivity contribution is 5.95. The van der Waals surface area contributed by atoms with Crippen LogP contribution in [0.3, 0.4) is 0 Å². The lowest BCUT2D eigenvalue weighted by molar-refractivity contribution is -0.168. The van der Waals surface area contributed by atoms with E-state index in [1.807, 2.05) is 0 Å². The molecular formula is C21H21F2N7O4. The number of nitriles is 1. The standard InChI is InChI=1S/C21H21F2N7O4/c1-10-6-15-12(18-20(32)28(3)34-16(19(31)25-2)9-30(18)27-15)8-29(10)21(33)26-14-5-4-13(22)11(7-24)17(14)23/h4-5,10,16H,6,8-9H2,1-3H3,(H,25,31)(H,26,33)/t10-,16+/m1/s1. The van der Waals surface area contributed by atoms with Crippen LogP contribution >= 0.6 is 0 Å². The second-order valence-electron chi connectivity index (χ2n) is 7.97. The van der Waals surface area contributed by atoms with Gasteiger partial charge in [0, 0.05) is 32.1 Å². The molecule has 0 bridgehead atoms. The summed E-state index contributed by atoms with van der Waals surface area (Å²) in [5.74, 6) is -3.15. The molecule has 3 heterocycles.